The second kappa shape index (κ2) is 6.04. The van der Waals surface area contributed by atoms with Crippen LogP contribution in [-0.2, 0) is 14.8 Å². The Bertz CT molecular complexity index is 910. The Morgan fingerprint density at radius 1 is 1.08 bits per heavy atom. The van der Waals surface area contributed by atoms with Crippen LogP contribution in [0.1, 0.15) is 16.8 Å². The molecule has 0 fully saturated rings. The van der Waals surface area contributed by atoms with Crippen LogP contribution >= 0.6 is 0 Å². The quantitative estimate of drug-likeness (QED) is 0.916. The van der Waals surface area contributed by atoms with E-state index < -0.39 is 27.7 Å². The largest absolute Gasteiger partial charge is 0.326 e. The molecule has 0 bridgehead atoms. The smallest absolute Gasteiger partial charge is 0.269 e. The lowest BCUT2D eigenvalue weighted by atomic mass is 10.2. The summed E-state index contributed by atoms with van der Waals surface area (Å²) in [6, 6.07) is 11.1. The number of hydrogen-bond donors (Lipinski definition) is 1. The number of halogens is 1. The summed E-state index contributed by atoms with van der Waals surface area (Å²) in [5.74, 6) is -1.54. The number of anilines is 1. The van der Waals surface area contributed by atoms with E-state index in [-0.39, 0.29) is 23.4 Å². The molecule has 1 heterocycles. The van der Waals surface area contributed by atoms with Gasteiger partial charge in [-0.05, 0) is 36.4 Å². The minimum absolute atomic E-state index is 0.0473. The molecule has 1 N–H and O–H groups in total. The second-order valence-corrected chi connectivity index (χ2v) is 7.01. The highest BCUT2D eigenvalue weighted by atomic mass is 32.2. The summed E-state index contributed by atoms with van der Waals surface area (Å²) >= 11 is 0. The first-order valence-corrected chi connectivity index (χ1v) is 8.55. The van der Waals surface area contributed by atoms with Gasteiger partial charge in [0.05, 0.1) is 5.56 Å². The summed E-state index contributed by atoms with van der Waals surface area (Å²) in [7, 11) is -3.92. The molecule has 0 aliphatic carbocycles. The van der Waals surface area contributed by atoms with Crippen LogP contribution in [0.15, 0.2) is 53.4 Å². The maximum atomic E-state index is 12.8. The van der Waals surface area contributed by atoms with Gasteiger partial charge in [0.1, 0.15) is 10.7 Å². The van der Waals surface area contributed by atoms with Crippen molar-refractivity contribution < 1.29 is 22.4 Å². The predicted octanol–water partition coefficient (Wildman–Crippen LogP) is 2.00. The van der Waals surface area contributed by atoms with Gasteiger partial charge in [0.2, 0.25) is 5.91 Å². The normalized spacial score (nSPS) is 15.2. The lowest BCUT2D eigenvalue weighted by molar-refractivity contribution is -0.116. The van der Waals surface area contributed by atoms with Crippen LogP contribution in [0.25, 0.3) is 0 Å². The van der Waals surface area contributed by atoms with Gasteiger partial charge in [0.15, 0.2) is 0 Å². The second-order valence-electron chi connectivity index (χ2n) is 5.18. The standard InChI is InChI=1S/C16H13FN2O4S/c17-11-5-7-12(8-6-11)18-15(20)9-10-19-16(21)13-3-1-2-4-14(13)24(19,22)23/h1-8H,9-10H2,(H,18,20). The third-order valence-corrected chi connectivity index (χ3v) is 5.42. The number of amides is 2. The molecular weight excluding hydrogens is 335 g/mol. The Kier molecular flexibility index (Phi) is 4.06. The van der Waals surface area contributed by atoms with Crippen LogP contribution in [0.5, 0.6) is 0 Å². The molecule has 2 aromatic rings. The first-order chi connectivity index (χ1) is 11.4. The molecule has 0 saturated heterocycles. The Labute approximate surface area is 138 Å². The molecule has 0 radical (unpaired) electrons. The molecule has 0 unspecified atom stereocenters. The van der Waals surface area contributed by atoms with E-state index in [4.69, 9.17) is 0 Å². The van der Waals surface area contributed by atoms with Crippen LogP contribution in [0.4, 0.5) is 10.1 Å². The first kappa shape index (κ1) is 16.1. The fourth-order valence-corrected chi connectivity index (χ4v) is 3.98. The molecular formula is C16H13FN2O4S. The van der Waals surface area contributed by atoms with Crippen molar-refractivity contribution in [1.82, 2.24) is 4.31 Å². The maximum Gasteiger partial charge on any atom is 0.269 e. The van der Waals surface area contributed by atoms with Gasteiger partial charge in [0, 0.05) is 18.7 Å². The van der Waals surface area contributed by atoms with E-state index in [1.165, 1.54) is 42.5 Å². The molecule has 0 saturated carbocycles. The SMILES string of the molecule is O=C(CCN1C(=O)c2ccccc2S1(=O)=O)Nc1ccc(F)cc1. The highest BCUT2D eigenvalue weighted by Gasteiger charge is 2.40. The summed E-state index contributed by atoms with van der Waals surface area (Å²) < 4.78 is 38.2. The third kappa shape index (κ3) is 2.88. The summed E-state index contributed by atoms with van der Waals surface area (Å²) in [6.07, 6.45) is -0.198. The van der Waals surface area contributed by atoms with Crippen molar-refractivity contribution >= 4 is 27.5 Å². The molecule has 8 heteroatoms. The molecule has 0 atom stereocenters. The minimum atomic E-state index is -3.92. The monoisotopic (exact) mass is 348 g/mol. The van der Waals surface area contributed by atoms with E-state index in [0.29, 0.717) is 9.99 Å². The lowest BCUT2D eigenvalue weighted by Crippen LogP contribution is -2.33. The molecule has 2 aromatic carbocycles. The van der Waals surface area contributed by atoms with Gasteiger partial charge in [-0.3, -0.25) is 9.59 Å². The van der Waals surface area contributed by atoms with Gasteiger partial charge in [-0.2, -0.15) is 0 Å². The topological polar surface area (TPSA) is 83.6 Å². The minimum Gasteiger partial charge on any atom is -0.326 e. The van der Waals surface area contributed by atoms with Crippen LogP contribution in [0.2, 0.25) is 0 Å². The van der Waals surface area contributed by atoms with Gasteiger partial charge in [-0.25, -0.2) is 17.1 Å². The number of hydrogen-bond acceptors (Lipinski definition) is 4. The Morgan fingerprint density at radius 3 is 2.42 bits per heavy atom. The summed E-state index contributed by atoms with van der Waals surface area (Å²) in [5, 5.41) is 2.52. The fourth-order valence-electron chi connectivity index (χ4n) is 2.41. The summed E-state index contributed by atoms with van der Waals surface area (Å²) in [6.45, 7) is -0.261. The van der Waals surface area contributed by atoms with Crippen molar-refractivity contribution in [2.45, 2.75) is 11.3 Å². The van der Waals surface area contributed by atoms with Crippen LogP contribution in [-0.4, -0.2) is 31.1 Å². The lowest BCUT2D eigenvalue weighted by Gasteiger charge is -2.14. The van der Waals surface area contributed by atoms with Crippen molar-refractivity contribution in [3.8, 4) is 0 Å². The number of carbonyl (C=O) groups is 2. The molecule has 124 valence electrons. The van der Waals surface area contributed by atoms with Crippen LogP contribution in [0, 0.1) is 5.82 Å². The van der Waals surface area contributed by atoms with E-state index >= 15 is 0 Å². The Hall–Kier alpha value is -2.74. The molecule has 6 nitrogen and oxygen atoms in total. The van der Waals surface area contributed by atoms with Gasteiger partial charge in [-0.15, -0.1) is 0 Å². The van der Waals surface area contributed by atoms with Gasteiger partial charge in [-0.1, -0.05) is 12.1 Å². The van der Waals surface area contributed by atoms with Crippen molar-refractivity contribution in [3.63, 3.8) is 0 Å². The fraction of sp³-hybridized carbons (Fsp3) is 0.125. The van der Waals surface area contributed by atoms with Gasteiger partial charge < -0.3 is 5.32 Å². The zero-order chi connectivity index (χ0) is 17.3. The number of benzene rings is 2. The highest BCUT2D eigenvalue weighted by molar-refractivity contribution is 7.90. The third-order valence-electron chi connectivity index (χ3n) is 3.58. The number of carbonyl (C=O) groups excluding carboxylic acids is 2. The van der Waals surface area contributed by atoms with E-state index in [2.05, 4.69) is 5.32 Å². The zero-order valence-electron chi connectivity index (χ0n) is 12.4. The maximum absolute atomic E-state index is 12.8. The van der Waals surface area contributed by atoms with Crippen molar-refractivity contribution in [3.05, 3.63) is 59.9 Å². The summed E-state index contributed by atoms with van der Waals surface area (Å²) in [4.78, 5) is 24.1. The first-order valence-electron chi connectivity index (χ1n) is 7.11. The number of nitrogens with zero attached hydrogens (tertiary/aromatic N) is 1. The zero-order valence-corrected chi connectivity index (χ0v) is 13.2. The molecule has 24 heavy (non-hydrogen) atoms. The molecule has 1 aliphatic rings. The molecule has 0 spiro atoms. The van der Waals surface area contributed by atoms with Crippen molar-refractivity contribution in [2.75, 3.05) is 11.9 Å². The van der Waals surface area contributed by atoms with E-state index in [0.717, 1.165) is 0 Å². The van der Waals surface area contributed by atoms with Crippen molar-refractivity contribution in [2.24, 2.45) is 0 Å². The van der Waals surface area contributed by atoms with E-state index in [1.54, 1.807) is 6.07 Å². The summed E-state index contributed by atoms with van der Waals surface area (Å²) in [5.41, 5.74) is 0.497. The molecule has 2 amide bonds. The van der Waals surface area contributed by atoms with Crippen molar-refractivity contribution in [1.29, 1.82) is 0 Å². The Morgan fingerprint density at radius 2 is 1.75 bits per heavy atom. The number of nitrogens with one attached hydrogen (secondary N) is 1. The predicted molar refractivity (Wildman–Crippen MR) is 84.3 cm³/mol. The van der Waals surface area contributed by atoms with E-state index in [9.17, 15) is 22.4 Å². The van der Waals surface area contributed by atoms with Gasteiger partial charge in [0.25, 0.3) is 15.9 Å². The number of sulfonamides is 1. The van der Waals surface area contributed by atoms with Crippen LogP contribution < -0.4 is 5.32 Å². The van der Waals surface area contributed by atoms with Gasteiger partial charge >= 0.3 is 0 Å². The molecule has 1 aliphatic heterocycles. The average molecular weight is 348 g/mol. The molecule has 3 rings (SSSR count). The number of fused-ring (bicyclic) bond motifs is 1. The Balaban J connectivity index is 1.68. The van der Waals surface area contributed by atoms with E-state index in [1.807, 2.05) is 0 Å². The average Bonchev–Trinajstić information content (AvgIpc) is 2.75. The molecule has 0 aromatic heterocycles. The van der Waals surface area contributed by atoms with Crippen LogP contribution in [0.3, 0.4) is 0 Å². The highest BCUT2D eigenvalue weighted by Crippen LogP contribution is 2.29. The number of rotatable bonds is 4.